The summed E-state index contributed by atoms with van der Waals surface area (Å²) in [6.45, 7) is 0.526. The predicted molar refractivity (Wildman–Crippen MR) is 130 cm³/mol. The summed E-state index contributed by atoms with van der Waals surface area (Å²) in [6.07, 6.45) is 0.720. The minimum absolute atomic E-state index is 0.290. The third-order valence-electron chi connectivity index (χ3n) is 6.30. The number of nitrogens with zero attached hydrogens (tertiary/aromatic N) is 1. The molecule has 0 saturated heterocycles. The summed E-state index contributed by atoms with van der Waals surface area (Å²) in [5, 5.41) is 4.10. The zero-order chi connectivity index (χ0) is 23.7. The second-order valence-corrected chi connectivity index (χ2v) is 8.15. The van der Waals surface area contributed by atoms with E-state index in [0.29, 0.717) is 17.8 Å². The maximum atomic E-state index is 13.6. The highest BCUT2D eigenvalue weighted by Crippen LogP contribution is 2.39. The molecule has 2 N–H and O–H groups in total. The van der Waals surface area contributed by atoms with Gasteiger partial charge in [-0.15, -0.1) is 0 Å². The van der Waals surface area contributed by atoms with Crippen molar-refractivity contribution in [3.63, 3.8) is 0 Å². The molecular formula is C27H25N3O4. The number of fused-ring (bicyclic) bond motifs is 3. The SMILES string of the molecule is COC(=O)c1ccccc1NC(=O)N1CCc2c([nH]c3ccccc23)[C@@H]1c1ccc(OC)cc1. The fourth-order valence-corrected chi connectivity index (χ4v) is 4.66. The Hall–Kier alpha value is -4.26. The van der Waals surface area contributed by atoms with Crippen LogP contribution in [0.1, 0.15) is 33.2 Å². The fraction of sp³-hybridized carbons (Fsp3) is 0.185. The van der Waals surface area contributed by atoms with Gasteiger partial charge in [0.05, 0.1) is 31.5 Å². The van der Waals surface area contributed by atoms with E-state index < -0.39 is 5.97 Å². The smallest absolute Gasteiger partial charge is 0.339 e. The fourth-order valence-electron chi connectivity index (χ4n) is 4.66. The van der Waals surface area contributed by atoms with Gasteiger partial charge in [-0.05, 0) is 47.9 Å². The molecule has 0 radical (unpaired) electrons. The van der Waals surface area contributed by atoms with Crippen LogP contribution in [0.3, 0.4) is 0 Å². The number of methoxy groups -OCH3 is 2. The molecule has 0 fully saturated rings. The number of carbonyl (C=O) groups is 2. The number of benzene rings is 3. The first kappa shape index (κ1) is 21.6. The number of amides is 2. The van der Waals surface area contributed by atoms with Gasteiger partial charge in [-0.1, -0.05) is 42.5 Å². The lowest BCUT2D eigenvalue weighted by Gasteiger charge is -2.36. The normalized spacial score (nSPS) is 15.0. The van der Waals surface area contributed by atoms with Crippen LogP contribution in [-0.4, -0.2) is 42.6 Å². The zero-order valence-corrected chi connectivity index (χ0v) is 19.0. The molecule has 1 aromatic heterocycles. The number of carbonyl (C=O) groups excluding carboxylic acids is 2. The first-order valence-corrected chi connectivity index (χ1v) is 11.1. The van der Waals surface area contributed by atoms with E-state index in [2.05, 4.69) is 22.4 Å². The molecule has 34 heavy (non-hydrogen) atoms. The molecule has 1 atom stereocenters. The number of anilines is 1. The Labute approximate surface area is 197 Å². The number of H-pyrrole nitrogens is 1. The highest BCUT2D eigenvalue weighted by atomic mass is 16.5. The molecule has 2 amide bonds. The summed E-state index contributed by atoms with van der Waals surface area (Å²) in [7, 11) is 2.95. The molecule has 5 rings (SSSR count). The molecule has 172 valence electrons. The second-order valence-electron chi connectivity index (χ2n) is 8.15. The van der Waals surface area contributed by atoms with Crippen molar-refractivity contribution in [1.82, 2.24) is 9.88 Å². The number of para-hydroxylation sites is 2. The highest BCUT2D eigenvalue weighted by Gasteiger charge is 2.35. The third-order valence-corrected chi connectivity index (χ3v) is 6.30. The van der Waals surface area contributed by atoms with Crippen LogP contribution in [0, 0.1) is 0 Å². The van der Waals surface area contributed by atoms with Crippen LogP contribution in [0.5, 0.6) is 5.75 Å². The van der Waals surface area contributed by atoms with E-state index >= 15 is 0 Å². The Morgan fingerprint density at radius 1 is 0.971 bits per heavy atom. The van der Waals surface area contributed by atoms with E-state index in [0.717, 1.165) is 28.9 Å². The molecule has 7 nitrogen and oxygen atoms in total. The van der Waals surface area contributed by atoms with Crippen LogP contribution in [0.2, 0.25) is 0 Å². The van der Waals surface area contributed by atoms with Crippen LogP contribution >= 0.6 is 0 Å². The maximum Gasteiger partial charge on any atom is 0.339 e. The Bertz CT molecular complexity index is 1360. The van der Waals surface area contributed by atoms with Gasteiger partial charge >= 0.3 is 12.0 Å². The van der Waals surface area contributed by atoms with Gasteiger partial charge in [0.25, 0.3) is 0 Å². The molecule has 0 unspecified atom stereocenters. The summed E-state index contributed by atoms with van der Waals surface area (Å²) in [4.78, 5) is 31.1. The zero-order valence-electron chi connectivity index (χ0n) is 19.0. The molecule has 1 aliphatic heterocycles. The van der Waals surface area contributed by atoms with Crippen molar-refractivity contribution in [1.29, 1.82) is 0 Å². The van der Waals surface area contributed by atoms with Crippen molar-refractivity contribution in [3.8, 4) is 5.75 Å². The number of urea groups is 1. The van der Waals surface area contributed by atoms with Crippen LogP contribution in [0.25, 0.3) is 10.9 Å². The topological polar surface area (TPSA) is 83.7 Å². The molecule has 0 aliphatic carbocycles. The lowest BCUT2D eigenvalue weighted by atomic mass is 9.92. The number of aromatic nitrogens is 1. The van der Waals surface area contributed by atoms with Crippen LogP contribution in [0.4, 0.5) is 10.5 Å². The van der Waals surface area contributed by atoms with Gasteiger partial charge in [0.2, 0.25) is 0 Å². The van der Waals surface area contributed by atoms with Crippen molar-refractivity contribution < 1.29 is 19.1 Å². The number of rotatable bonds is 4. The van der Waals surface area contributed by atoms with E-state index in [4.69, 9.17) is 9.47 Å². The van der Waals surface area contributed by atoms with E-state index in [9.17, 15) is 9.59 Å². The van der Waals surface area contributed by atoms with Gasteiger partial charge in [-0.2, -0.15) is 0 Å². The summed E-state index contributed by atoms with van der Waals surface area (Å²) >= 11 is 0. The standard InChI is InChI=1S/C27H25N3O4/c1-33-18-13-11-17(12-14-18)25-24-20(19-7-3-5-9-22(19)28-24)15-16-30(25)27(32)29-23-10-6-4-8-21(23)26(31)34-2/h3-14,25,28H,15-16H2,1-2H3,(H,29,32)/t25-/m0/s1. The number of nitrogens with one attached hydrogen (secondary N) is 2. The molecule has 4 aromatic rings. The highest BCUT2D eigenvalue weighted by molar-refractivity contribution is 6.01. The Kier molecular flexibility index (Phi) is 5.67. The summed E-state index contributed by atoms with van der Waals surface area (Å²) in [5.41, 5.74) is 4.94. The van der Waals surface area contributed by atoms with E-state index in [-0.39, 0.29) is 12.1 Å². The predicted octanol–water partition coefficient (Wildman–Crippen LogP) is 5.14. The molecule has 0 saturated carbocycles. The number of esters is 1. The van der Waals surface area contributed by atoms with Crippen LogP contribution in [-0.2, 0) is 11.2 Å². The monoisotopic (exact) mass is 455 g/mol. The summed E-state index contributed by atoms with van der Waals surface area (Å²) in [5.74, 6) is 0.249. The molecular weight excluding hydrogens is 430 g/mol. The summed E-state index contributed by atoms with van der Waals surface area (Å²) in [6, 6.07) is 22.2. The van der Waals surface area contributed by atoms with Crippen molar-refractivity contribution in [3.05, 3.63) is 95.2 Å². The van der Waals surface area contributed by atoms with Gasteiger partial charge < -0.3 is 24.7 Å². The van der Waals surface area contributed by atoms with Crippen LogP contribution < -0.4 is 10.1 Å². The van der Waals surface area contributed by atoms with Gasteiger partial charge in [-0.25, -0.2) is 9.59 Å². The number of hydrogen-bond donors (Lipinski definition) is 2. The molecule has 1 aliphatic rings. The summed E-state index contributed by atoms with van der Waals surface area (Å²) < 4.78 is 10.2. The number of aromatic amines is 1. The van der Waals surface area contributed by atoms with Gasteiger partial charge in [-0.3, -0.25) is 0 Å². The van der Waals surface area contributed by atoms with Gasteiger partial charge in [0.15, 0.2) is 0 Å². The van der Waals surface area contributed by atoms with Gasteiger partial charge in [0.1, 0.15) is 5.75 Å². The van der Waals surface area contributed by atoms with Crippen molar-refractivity contribution >= 4 is 28.6 Å². The molecule has 3 aromatic carbocycles. The first-order valence-electron chi connectivity index (χ1n) is 11.1. The lowest BCUT2D eigenvalue weighted by Crippen LogP contribution is -2.43. The van der Waals surface area contributed by atoms with Crippen molar-refractivity contribution in [2.75, 3.05) is 26.1 Å². The average Bonchev–Trinajstić information content (AvgIpc) is 3.27. The van der Waals surface area contributed by atoms with Crippen molar-refractivity contribution in [2.45, 2.75) is 12.5 Å². The largest absolute Gasteiger partial charge is 0.497 e. The lowest BCUT2D eigenvalue weighted by molar-refractivity contribution is 0.0602. The second kappa shape index (κ2) is 8.94. The Morgan fingerprint density at radius 2 is 1.71 bits per heavy atom. The van der Waals surface area contributed by atoms with Crippen molar-refractivity contribution in [2.24, 2.45) is 0 Å². The third kappa shape index (κ3) is 3.75. The Morgan fingerprint density at radius 3 is 2.47 bits per heavy atom. The molecule has 0 spiro atoms. The Balaban J connectivity index is 1.56. The number of hydrogen-bond acceptors (Lipinski definition) is 4. The van der Waals surface area contributed by atoms with E-state index in [1.54, 1.807) is 36.3 Å². The van der Waals surface area contributed by atoms with Gasteiger partial charge in [0, 0.05) is 23.1 Å². The minimum atomic E-state index is -0.501. The minimum Gasteiger partial charge on any atom is -0.497 e. The molecule has 7 heteroatoms. The van der Waals surface area contributed by atoms with E-state index in [1.165, 1.54) is 18.1 Å². The van der Waals surface area contributed by atoms with Crippen LogP contribution in [0.15, 0.2) is 72.8 Å². The molecule has 2 heterocycles. The van der Waals surface area contributed by atoms with E-state index in [1.807, 2.05) is 36.4 Å². The number of ether oxygens (including phenoxy) is 2. The average molecular weight is 456 g/mol. The first-order chi connectivity index (χ1) is 16.6. The molecule has 0 bridgehead atoms. The maximum absolute atomic E-state index is 13.6. The quantitative estimate of drug-likeness (QED) is 0.417.